The molecule has 1 aromatic carbocycles. The van der Waals surface area contributed by atoms with Crippen LogP contribution in [0.1, 0.15) is 45.8 Å². The smallest absolute Gasteiger partial charge is 0.187 e. The zero-order valence-electron chi connectivity index (χ0n) is 17.9. The average molecular weight is 423 g/mol. The second kappa shape index (κ2) is 6.92. The number of Topliss-reactive ketones (excluding diaryl/α,β-unsaturated/α-hetero) is 1. The maximum atomic E-state index is 13.5. The molecule has 30 heavy (non-hydrogen) atoms. The minimum absolute atomic E-state index is 0.0303. The fourth-order valence-corrected chi connectivity index (χ4v) is 6.21. The minimum atomic E-state index is -0.288. The van der Waals surface area contributed by atoms with Crippen LogP contribution >= 0.6 is 11.8 Å². The van der Waals surface area contributed by atoms with Gasteiger partial charge in [-0.05, 0) is 62.6 Å². The van der Waals surface area contributed by atoms with E-state index in [0.717, 1.165) is 45.1 Å². The lowest BCUT2D eigenvalue weighted by atomic mass is 9.73. The van der Waals surface area contributed by atoms with Crippen LogP contribution in [0, 0.1) is 39.5 Å². The number of carbonyl (C=O) groups excluding carboxylic acids is 1. The number of rotatable bonds is 3. The molecule has 0 radical (unpaired) electrons. The van der Waals surface area contributed by atoms with Crippen LogP contribution in [0.25, 0.3) is 5.57 Å². The molecule has 3 heterocycles. The van der Waals surface area contributed by atoms with Gasteiger partial charge < -0.3 is 9.84 Å². The van der Waals surface area contributed by atoms with Crippen LogP contribution in [0.4, 0.5) is 0 Å². The zero-order valence-corrected chi connectivity index (χ0v) is 18.7. The highest BCUT2D eigenvalue weighted by Gasteiger charge is 2.63. The number of ketones is 1. The van der Waals surface area contributed by atoms with Gasteiger partial charge in [0, 0.05) is 12.1 Å². The molecule has 5 atom stereocenters. The SMILES string of the molecule is CSc1ncc(C)c([C@@H]2C[C@@H]3O[C@H]2[C@H]2C(O)=C(c4c(C)cc(C)cc4C)C(=O)[C@H]23)n1. The number of aryl methyl sites for hydroxylation is 4. The summed E-state index contributed by atoms with van der Waals surface area (Å²) < 4.78 is 6.26. The highest BCUT2D eigenvalue weighted by molar-refractivity contribution is 7.98. The first-order valence-corrected chi connectivity index (χ1v) is 11.6. The molecule has 3 aliphatic rings. The van der Waals surface area contributed by atoms with Gasteiger partial charge in [0.05, 0.1) is 35.3 Å². The molecule has 2 saturated heterocycles. The summed E-state index contributed by atoms with van der Waals surface area (Å²) in [6, 6.07) is 4.15. The molecule has 2 bridgehead atoms. The summed E-state index contributed by atoms with van der Waals surface area (Å²) in [4.78, 5) is 22.6. The molecule has 0 spiro atoms. The van der Waals surface area contributed by atoms with E-state index < -0.39 is 0 Å². The van der Waals surface area contributed by atoms with Crippen molar-refractivity contribution >= 4 is 23.1 Å². The van der Waals surface area contributed by atoms with Gasteiger partial charge in [-0.1, -0.05) is 29.5 Å². The molecule has 0 saturated carbocycles. The normalized spacial score (nSPS) is 29.8. The van der Waals surface area contributed by atoms with Crippen molar-refractivity contribution in [3.63, 3.8) is 0 Å². The van der Waals surface area contributed by atoms with E-state index in [9.17, 15) is 9.90 Å². The van der Waals surface area contributed by atoms with Crippen molar-refractivity contribution < 1.29 is 14.6 Å². The molecular weight excluding hydrogens is 396 g/mol. The first-order valence-electron chi connectivity index (χ1n) is 10.4. The topological polar surface area (TPSA) is 72.3 Å². The Hall–Kier alpha value is -2.18. The van der Waals surface area contributed by atoms with E-state index in [0.29, 0.717) is 5.57 Å². The van der Waals surface area contributed by atoms with Crippen molar-refractivity contribution in [3.05, 3.63) is 57.6 Å². The number of aromatic nitrogens is 2. The number of nitrogens with zero attached hydrogens (tertiary/aromatic N) is 2. The van der Waals surface area contributed by atoms with Gasteiger partial charge in [0.25, 0.3) is 0 Å². The molecule has 0 unspecified atom stereocenters. The average Bonchev–Trinajstić information content (AvgIpc) is 3.35. The summed E-state index contributed by atoms with van der Waals surface area (Å²) in [6.07, 6.45) is 4.18. The molecule has 1 N–H and O–H groups in total. The van der Waals surface area contributed by atoms with Gasteiger partial charge >= 0.3 is 0 Å². The minimum Gasteiger partial charge on any atom is -0.511 e. The second-order valence-electron chi connectivity index (χ2n) is 8.86. The van der Waals surface area contributed by atoms with Crippen LogP contribution in [0.2, 0.25) is 0 Å². The van der Waals surface area contributed by atoms with Crippen molar-refractivity contribution in [1.29, 1.82) is 0 Å². The monoisotopic (exact) mass is 422 g/mol. The predicted octanol–water partition coefficient (Wildman–Crippen LogP) is 4.47. The van der Waals surface area contributed by atoms with Crippen LogP contribution in [0.3, 0.4) is 0 Å². The number of allylic oxidation sites excluding steroid dienone is 1. The van der Waals surface area contributed by atoms with E-state index in [-0.39, 0.29) is 41.5 Å². The number of fused-ring (bicyclic) bond motifs is 5. The largest absolute Gasteiger partial charge is 0.511 e. The summed E-state index contributed by atoms with van der Waals surface area (Å²) >= 11 is 1.52. The van der Waals surface area contributed by atoms with Crippen LogP contribution in [-0.2, 0) is 9.53 Å². The zero-order chi connectivity index (χ0) is 21.3. The van der Waals surface area contributed by atoms with Gasteiger partial charge in [0.1, 0.15) is 5.76 Å². The van der Waals surface area contributed by atoms with E-state index in [4.69, 9.17) is 9.72 Å². The third-order valence-corrected chi connectivity index (χ3v) is 7.49. The Morgan fingerprint density at radius 1 is 1.10 bits per heavy atom. The molecule has 1 aromatic heterocycles. The number of benzene rings is 1. The Labute approximate surface area is 181 Å². The van der Waals surface area contributed by atoms with Gasteiger partial charge in [-0.15, -0.1) is 0 Å². The summed E-state index contributed by atoms with van der Waals surface area (Å²) in [6.45, 7) is 8.09. The Kier molecular flexibility index (Phi) is 4.56. The third kappa shape index (κ3) is 2.70. The van der Waals surface area contributed by atoms with Crippen molar-refractivity contribution in [1.82, 2.24) is 9.97 Å². The molecule has 2 fully saturated rings. The first-order chi connectivity index (χ1) is 14.3. The number of carbonyl (C=O) groups is 1. The van der Waals surface area contributed by atoms with E-state index in [1.54, 1.807) is 0 Å². The Balaban J connectivity index is 1.58. The predicted molar refractivity (Wildman–Crippen MR) is 117 cm³/mol. The van der Waals surface area contributed by atoms with Crippen molar-refractivity contribution in [2.45, 2.75) is 57.4 Å². The maximum absolute atomic E-state index is 13.5. The lowest BCUT2D eigenvalue weighted by Crippen LogP contribution is -2.34. The van der Waals surface area contributed by atoms with Crippen molar-refractivity contribution in [3.8, 4) is 0 Å². The Morgan fingerprint density at radius 3 is 2.47 bits per heavy atom. The fraction of sp³-hybridized carbons (Fsp3) is 0.458. The molecule has 156 valence electrons. The van der Waals surface area contributed by atoms with E-state index in [1.807, 2.05) is 33.2 Å². The standard InChI is InChI=1S/C24H26N2O3S/c1-10-6-11(2)16(12(3)7-10)18-21(27)17-15-8-14(23(29-15)19(17)22(18)28)20-13(4)9-25-24(26-20)30-5/h6-7,9,14-15,17,19,23,28H,8H2,1-5H3/t14-,15-,17-,19+,23+/m0/s1. The second-order valence-corrected chi connectivity index (χ2v) is 9.63. The molecular formula is C24H26N2O3S. The van der Waals surface area contributed by atoms with Crippen LogP contribution < -0.4 is 0 Å². The summed E-state index contributed by atoms with van der Waals surface area (Å²) in [5.74, 6) is -0.275. The summed E-state index contributed by atoms with van der Waals surface area (Å²) in [5, 5.41) is 12.0. The van der Waals surface area contributed by atoms with Gasteiger partial charge in [0.15, 0.2) is 10.9 Å². The lowest BCUT2D eigenvalue weighted by Gasteiger charge is -2.28. The van der Waals surface area contributed by atoms with Crippen molar-refractivity contribution in [2.24, 2.45) is 11.8 Å². The number of aliphatic hydroxyl groups is 1. The molecule has 2 aliphatic heterocycles. The summed E-state index contributed by atoms with van der Waals surface area (Å²) in [5.41, 5.74) is 6.62. The van der Waals surface area contributed by atoms with Crippen molar-refractivity contribution in [2.75, 3.05) is 6.26 Å². The van der Waals surface area contributed by atoms with E-state index in [2.05, 4.69) is 24.0 Å². The summed E-state index contributed by atoms with van der Waals surface area (Å²) in [7, 11) is 0. The van der Waals surface area contributed by atoms with Gasteiger partial charge in [-0.25, -0.2) is 9.97 Å². The lowest BCUT2D eigenvalue weighted by molar-refractivity contribution is -0.118. The Bertz CT molecular complexity index is 1090. The number of thioether (sulfide) groups is 1. The Morgan fingerprint density at radius 2 is 1.80 bits per heavy atom. The number of aliphatic hydroxyl groups excluding tert-OH is 1. The van der Waals surface area contributed by atoms with Crippen LogP contribution in [0.5, 0.6) is 0 Å². The molecule has 6 heteroatoms. The third-order valence-electron chi connectivity index (χ3n) is 6.93. The highest BCUT2D eigenvalue weighted by atomic mass is 32.2. The molecule has 1 aliphatic carbocycles. The van der Waals surface area contributed by atoms with Gasteiger partial charge in [0.2, 0.25) is 0 Å². The number of hydrogen-bond donors (Lipinski definition) is 1. The van der Waals surface area contributed by atoms with Crippen LogP contribution in [0.15, 0.2) is 29.2 Å². The fourth-order valence-electron chi connectivity index (χ4n) is 5.86. The molecule has 5 nitrogen and oxygen atoms in total. The van der Waals surface area contributed by atoms with Gasteiger partial charge in [-0.2, -0.15) is 0 Å². The van der Waals surface area contributed by atoms with E-state index >= 15 is 0 Å². The van der Waals surface area contributed by atoms with E-state index in [1.165, 1.54) is 11.8 Å². The maximum Gasteiger partial charge on any atom is 0.187 e. The molecule has 2 aromatic rings. The number of ether oxygens (including phenoxy) is 1. The molecule has 5 rings (SSSR count). The quantitative estimate of drug-likeness (QED) is 0.581. The number of hydrogen-bond acceptors (Lipinski definition) is 6. The highest BCUT2D eigenvalue weighted by Crippen LogP contribution is 2.58. The first kappa shape index (κ1) is 19.8. The van der Waals surface area contributed by atoms with Gasteiger partial charge in [-0.3, -0.25) is 4.79 Å². The molecule has 0 amide bonds. The van der Waals surface area contributed by atoms with Crippen LogP contribution in [-0.4, -0.2) is 39.3 Å².